The van der Waals surface area contributed by atoms with Gasteiger partial charge in [-0.15, -0.1) is 0 Å². The van der Waals surface area contributed by atoms with E-state index >= 15 is 0 Å². The molecule has 1 aliphatic carbocycles. The summed E-state index contributed by atoms with van der Waals surface area (Å²) < 4.78 is 5.11. The van der Waals surface area contributed by atoms with Crippen LogP contribution in [0.15, 0.2) is 0 Å². The zero-order chi connectivity index (χ0) is 10.8. The first-order valence-electron chi connectivity index (χ1n) is 5.64. The maximum atomic E-state index is 11.7. The lowest BCUT2D eigenvalue weighted by Gasteiger charge is -2.39. The van der Waals surface area contributed by atoms with E-state index < -0.39 is 0 Å². The lowest BCUT2D eigenvalue weighted by atomic mass is 9.65. The molecule has 0 bridgehead atoms. The Kier molecular flexibility index (Phi) is 3.57. The highest BCUT2D eigenvalue weighted by Crippen LogP contribution is 2.43. The molecule has 1 aliphatic rings. The molecule has 0 aromatic heterocycles. The Balaban J connectivity index is 2.64. The molecule has 0 aromatic carbocycles. The highest BCUT2D eigenvalue weighted by atomic mass is 16.5. The molecule has 2 heteroatoms. The van der Waals surface area contributed by atoms with Crippen LogP contribution in [0.1, 0.15) is 47.0 Å². The van der Waals surface area contributed by atoms with Crippen molar-refractivity contribution < 1.29 is 9.53 Å². The Bertz CT molecular complexity index is 208. The van der Waals surface area contributed by atoms with Crippen LogP contribution in [0.25, 0.3) is 0 Å². The maximum absolute atomic E-state index is 11.7. The normalized spacial score (nSPS) is 31.1. The third-order valence-electron chi connectivity index (χ3n) is 3.34. The van der Waals surface area contributed by atoms with Gasteiger partial charge in [0.05, 0.1) is 12.5 Å². The van der Waals surface area contributed by atoms with Crippen LogP contribution < -0.4 is 0 Å². The lowest BCUT2D eigenvalue weighted by molar-refractivity contribution is -0.154. The molecule has 14 heavy (non-hydrogen) atoms. The van der Waals surface area contributed by atoms with Crippen molar-refractivity contribution in [2.75, 3.05) is 6.61 Å². The van der Waals surface area contributed by atoms with Gasteiger partial charge in [0.2, 0.25) is 0 Å². The molecular weight excluding hydrogens is 176 g/mol. The smallest absolute Gasteiger partial charge is 0.309 e. The van der Waals surface area contributed by atoms with Crippen molar-refractivity contribution in [3.63, 3.8) is 0 Å². The zero-order valence-electron chi connectivity index (χ0n) is 9.80. The largest absolute Gasteiger partial charge is 0.466 e. The van der Waals surface area contributed by atoms with Gasteiger partial charge in [-0.2, -0.15) is 0 Å². The van der Waals surface area contributed by atoms with Crippen LogP contribution in [-0.4, -0.2) is 12.6 Å². The summed E-state index contributed by atoms with van der Waals surface area (Å²) in [6.45, 7) is 9.01. The quantitative estimate of drug-likeness (QED) is 0.637. The van der Waals surface area contributed by atoms with Gasteiger partial charge in [-0.3, -0.25) is 4.79 Å². The molecular formula is C12H22O2. The molecule has 2 nitrogen and oxygen atoms in total. The summed E-state index contributed by atoms with van der Waals surface area (Å²) in [4.78, 5) is 11.7. The van der Waals surface area contributed by atoms with Crippen LogP contribution in [0.3, 0.4) is 0 Å². The van der Waals surface area contributed by atoms with Crippen LogP contribution in [0, 0.1) is 17.3 Å². The minimum atomic E-state index is 0.00407. The van der Waals surface area contributed by atoms with Gasteiger partial charge in [0.1, 0.15) is 0 Å². The average Bonchev–Trinajstić information content (AvgIpc) is 2.01. The SMILES string of the molecule is CCOC(=O)[C@H]1CC[C@@H](C)CC1(C)C. The standard InChI is InChI=1S/C12H22O2/c1-5-14-11(13)10-7-6-9(2)8-12(10,3)4/h9-10H,5-8H2,1-4H3/t9-,10-/m1/s1. The summed E-state index contributed by atoms with van der Waals surface area (Å²) in [5.41, 5.74) is 0.115. The average molecular weight is 198 g/mol. The molecule has 82 valence electrons. The first kappa shape index (κ1) is 11.5. The number of carbonyl (C=O) groups is 1. The first-order chi connectivity index (χ1) is 6.47. The molecule has 0 unspecified atom stereocenters. The van der Waals surface area contributed by atoms with Gasteiger partial charge in [0.25, 0.3) is 0 Å². The third-order valence-corrected chi connectivity index (χ3v) is 3.34. The molecule has 1 fully saturated rings. The number of carbonyl (C=O) groups excluding carboxylic acids is 1. The van der Waals surface area contributed by atoms with Crippen molar-refractivity contribution in [1.29, 1.82) is 0 Å². The summed E-state index contributed by atoms with van der Waals surface area (Å²) in [5, 5.41) is 0. The van der Waals surface area contributed by atoms with E-state index in [4.69, 9.17) is 4.74 Å². The number of esters is 1. The summed E-state index contributed by atoms with van der Waals surface area (Å²) in [7, 11) is 0. The molecule has 1 rings (SSSR count). The fourth-order valence-electron chi connectivity index (χ4n) is 2.66. The Morgan fingerprint density at radius 1 is 1.43 bits per heavy atom. The van der Waals surface area contributed by atoms with E-state index in [0.29, 0.717) is 6.61 Å². The number of hydrogen-bond donors (Lipinski definition) is 0. The molecule has 0 aromatic rings. The minimum absolute atomic E-state index is 0.00407. The summed E-state index contributed by atoms with van der Waals surface area (Å²) in [5.74, 6) is 0.860. The van der Waals surface area contributed by atoms with Crippen molar-refractivity contribution in [2.24, 2.45) is 17.3 Å². The predicted molar refractivity (Wildman–Crippen MR) is 56.9 cm³/mol. The second-order valence-corrected chi connectivity index (χ2v) is 5.18. The Morgan fingerprint density at radius 2 is 2.07 bits per heavy atom. The van der Waals surface area contributed by atoms with E-state index in [-0.39, 0.29) is 17.3 Å². The predicted octanol–water partition coefficient (Wildman–Crippen LogP) is 3.01. The molecule has 0 aliphatic heterocycles. The van der Waals surface area contributed by atoms with Gasteiger partial charge < -0.3 is 4.74 Å². The van der Waals surface area contributed by atoms with Gasteiger partial charge in [-0.25, -0.2) is 0 Å². The molecule has 0 radical (unpaired) electrons. The maximum Gasteiger partial charge on any atom is 0.309 e. The summed E-state index contributed by atoms with van der Waals surface area (Å²) in [6.07, 6.45) is 3.29. The number of rotatable bonds is 2. The second-order valence-electron chi connectivity index (χ2n) is 5.18. The molecule has 0 N–H and O–H groups in total. The molecule has 1 saturated carbocycles. The van der Waals surface area contributed by atoms with Gasteiger partial charge in [0.15, 0.2) is 0 Å². The van der Waals surface area contributed by atoms with Crippen LogP contribution in [0.2, 0.25) is 0 Å². The van der Waals surface area contributed by atoms with Crippen molar-refractivity contribution >= 4 is 5.97 Å². The minimum Gasteiger partial charge on any atom is -0.466 e. The van der Waals surface area contributed by atoms with E-state index in [1.165, 1.54) is 0 Å². The lowest BCUT2D eigenvalue weighted by Crippen LogP contribution is -2.37. The first-order valence-corrected chi connectivity index (χ1v) is 5.64. The zero-order valence-corrected chi connectivity index (χ0v) is 9.80. The van der Waals surface area contributed by atoms with Gasteiger partial charge in [-0.1, -0.05) is 20.8 Å². The van der Waals surface area contributed by atoms with Crippen LogP contribution in [-0.2, 0) is 9.53 Å². The van der Waals surface area contributed by atoms with Crippen molar-refractivity contribution in [2.45, 2.75) is 47.0 Å². The topological polar surface area (TPSA) is 26.3 Å². The monoisotopic (exact) mass is 198 g/mol. The number of hydrogen-bond acceptors (Lipinski definition) is 2. The van der Waals surface area contributed by atoms with Crippen molar-refractivity contribution in [1.82, 2.24) is 0 Å². The fraction of sp³-hybridized carbons (Fsp3) is 0.917. The van der Waals surface area contributed by atoms with Crippen LogP contribution in [0.5, 0.6) is 0 Å². The number of ether oxygens (including phenoxy) is 1. The molecule has 2 atom stereocenters. The van der Waals surface area contributed by atoms with Crippen molar-refractivity contribution in [3.8, 4) is 0 Å². The highest BCUT2D eigenvalue weighted by Gasteiger charge is 2.40. The summed E-state index contributed by atoms with van der Waals surface area (Å²) >= 11 is 0. The fourth-order valence-corrected chi connectivity index (χ4v) is 2.66. The van der Waals surface area contributed by atoms with E-state index in [1.807, 2.05) is 6.92 Å². The van der Waals surface area contributed by atoms with Gasteiger partial charge >= 0.3 is 5.97 Å². The van der Waals surface area contributed by atoms with Gasteiger partial charge in [0, 0.05) is 0 Å². The van der Waals surface area contributed by atoms with Crippen LogP contribution >= 0.6 is 0 Å². The Hall–Kier alpha value is -0.530. The third kappa shape index (κ3) is 2.49. The van der Waals surface area contributed by atoms with E-state index in [1.54, 1.807) is 0 Å². The van der Waals surface area contributed by atoms with E-state index in [2.05, 4.69) is 20.8 Å². The van der Waals surface area contributed by atoms with Gasteiger partial charge in [-0.05, 0) is 37.5 Å². The molecule has 0 heterocycles. The Morgan fingerprint density at radius 3 is 2.57 bits per heavy atom. The Labute approximate surface area is 87.0 Å². The van der Waals surface area contributed by atoms with E-state index in [9.17, 15) is 4.79 Å². The second kappa shape index (κ2) is 4.33. The highest BCUT2D eigenvalue weighted by molar-refractivity contribution is 5.73. The molecule has 0 saturated heterocycles. The molecule has 0 amide bonds. The van der Waals surface area contributed by atoms with Crippen molar-refractivity contribution in [3.05, 3.63) is 0 Å². The van der Waals surface area contributed by atoms with E-state index in [0.717, 1.165) is 25.2 Å². The summed E-state index contributed by atoms with van der Waals surface area (Å²) in [6, 6.07) is 0. The van der Waals surface area contributed by atoms with Crippen LogP contribution in [0.4, 0.5) is 0 Å². The molecule has 0 spiro atoms.